The average molecular weight is 313 g/mol. The number of aromatic nitrogens is 2. The van der Waals surface area contributed by atoms with Crippen LogP contribution in [0.5, 0.6) is 0 Å². The molecule has 1 rings (SSSR count). The molecule has 10 heteroatoms. The van der Waals surface area contributed by atoms with Crippen molar-refractivity contribution in [1.82, 2.24) is 20.6 Å². The molecule has 122 valence electrons. The predicted molar refractivity (Wildman–Crippen MR) is 74.5 cm³/mol. The van der Waals surface area contributed by atoms with Crippen LogP contribution in [-0.4, -0.2) is 62.7 Å². The van der Waals surface area contributed by atoms with Crippen molar-refractivity contribution in [3.05, 3.63) is 18.2 Å². The van der Waals surface area contributed by atoms with Gasteiger partial charge in [0.05, 0.1) is 12.9 Å². The lowest BCUT2D eigenvalue weighted by molar-refractivity contribution is -0.141. The highest BCUT2D eigenvalue weighted by atomic mass is 16.4. The van der Waals surface area contributed by atoms with Crippen LogP contribution in [0.1, 0.15) is 12.6 Å². The second-order valence-corrected chi connectivity index (χ2v) is 4.70. The molecule has 1 aromatic heterocycles. The van der Waals surface area contributed by atoms with Crippen molar-refractivity contribution in [2.75, 3.05) is 6.61 Å². The van der Waals surface area contributed by atoms with Gasteiger partial charge in [0.1, 0.15) is 18.1 Å². The molecule has 2 amide bonds. The quantitative estimate of drug-likeness (QED) is 0.304. The first-order valence-corrected chi connectivity index (χ1v) is 6.52. The number of nitrogens with zero attached hydrogens (tertiary/aromatic N) is 1. The third-order valence-electron chi connectivity index (χ3n) is 2.87. The maximum absolute atomic E-state index is 12.1. The molecule has 3 atom stereocenters. The predicted octanol–water partition coefficient (Wildman–Crippen LogP) is -2.65. The van der Waals surface area contributed by atoms with Gasteiger partial charge in [-0.15, -0.1) is 0 Å². The van der Waals surface area contributed by atoms with Gasteiger partial charge in [-0.05, 0) is 6.92 Å². The summed E-state index contributed by atoms with van der Waals surface area (Å²) in [5.41, 5.74) is 5.95. The van der Waals surface area contributed by atoms with Crippen LogP contribution in [0.2, 0.25) is 0 Å². The number of aromatic amines is 1. The summed E-state index contributed by atoms with van der Waals surface area (Å²) < 4.78 is 0. The molecule has 0 aliphatic rings. The number of hydrogen-bond donors (Lipinski definition) is 6. The van der Waals surface area contributed by atoms with Gasteiger partial charge in [-0.1, -0.05) is 0 Å². The minimum atomic E-state index is -1.20. The number of rotatable bonds is 8. The third kappa shape index (κ3) is 5.14. The molecule has 0 fully saturated rings. The Kier molecular flexibility index (Phi) is 6.47. The summed E-state index contributed by atoms with van der Waals surface area (Å²) in [6.45, 7) is 0.727. The Morgan fingerprint density at radius 3 is 2.55 bits per heavy atom. The summed E-state index contributed by atoms with van der Waals surface area (Å²) in [4.78, 5) is 41.2. The number of aliphatic hydroxyl groups is 1. The highest BCUT2D eigenvalue weighted by Gasteiger charge is 2.26. The lowest BCUT2D eigenvalue weighted by atomic mass is 10.1. The van der Waals surface area contributed by atoms with Crippen LogP contribution >= 0.6 is 0 Å². The molecule has 0 radical (unpaired) electrons. The molecule has 0 bridgehead atoms. The summed E-state index contributed by atoms with van der Waals surface area (Å²) in [6, 6.07) is -3.33. The van der Waals surface area contributed by atoms with Gasteiger partial charge in [-0.2, -0.15) is 0 Å². The van der Waals surface area contributed by atoms with Crippen LogP contribution in [0.25, 0.3) is 0 Å². The number of nitrogens with one attached hydrogen (secondary N) is 3. The normalized spacial score (nSPS) is 14.7. The van der Waals surface area contributed by atoms with Crippen molar-refractivity contribution in [3.63, 3.8) is 0 Å². The Morgan fingerprint density at radius 1 is 1.36 bits per heavy atom. The van der Waals surface area contributed by atoms with Gasteiger partial charge in [-0.25, -0.2) is 4.98 Å². The molecule has 7 N–H and O–H groups in total. The van der Waals surface area contributed by atoms with Gasteiger partial charge in [0.2, 0.25) is 11.8 Å². The summed E-state index contributed by atoms with van der Waals surface area (Å²) in [6.07, 6.45) is 2.95. The first-order valence-electron chi connectivity index (χ1n) is 6.52. The Bertz CT molecular complexity index is 518. The van der Waals surface area contributed by atoms with Gasteiger partial charge < -0.3 is 31.6 Å². The topological polar surface area (TPSA) is 170 Å². The van der Waals surface area contributed by atoms with E-state index in [1.54, 1.807) is 0 Å². The SMILES string of the molecule is C[C@H](NC(=O)[C@H](Cc1cnc[nH]1)NC(=O)[C@@H](N)CO)C(=O)O. The van der Waals surface area contributed by atoms with Crippen LogP contribution in [0.3, 0.4) is 0 Å². The number of aliphatic hydroxyl groups excluding tert-OH is 1. The molecular weight excluding hydrogens is 294 g/mol. The number of carboxylic acid groups (broad SMARTS) is 1. The lowest BCUT2D eigenvalue weighted by Gasteiger charge is -2.20. The summed E-state index contributed by atoms with van der Waals surface area (Å²) in [5, 5.41) is 22.3. The minimum Gasteiger partial charge on any atom is -0.480 e. The zero-order valence-electron chi connectivity index (χ0n) is 11.9. The van der Waals surface area contributed by atoms with Crippen molar-refractivity contribution in [2.24, 2.45) is 5.73 Å². The molecule has 1 aromatic rings. The average Bonchev–Trinajstić information content (AvgIpc) is 2.98. The fourth-order valence-corrected chi connectivity index (χ4v) is 1.56. The number of aliphatic carboxylic acids is 1. The number of nitrogens with two attached hydrogens (primary N) is 1. The standard InChI is InChI=1S/C12H19N5O5/c1-6(12(21)22)16-11(20)9(2-7-3-14-5-15-7)17-10(19)8(13)4-18/h3,5-6,8-9,18H,2,4,13H2,1H3,(H,14,15)(H,16,20)(H,17,19)(H,21,22)/t6-,8-,9-/m0/s1. The minimum absolute atomic E-state index is 0.0715. The largest absolute Gasteiger partial charge is 0.480 e. The first kappa shape index (κ1) is 17.6. The van der Waals surface area contributed by atoms with Crippen molar-refractivity contribution < 1.29 is 24.6 Å². The van der Waals surface area contributed by atoms with Crippen LogP contribution < -0.4 is 16.4 Å². The highest BCUT2D eigenvalue weighted by Crippen LogP contribution is 2.00. The third-order valence-corrected chi connectivity index (χ3v) is 2.87. The van der Waals surface area contributed by atoms with Crippen molar-refractivity contribution in [1.29, 1.82) is 0 Å². The van der Waals surface area contributed by atoms with Crippen LogP contribution in [0.4, 0.5) is 0 Å². The van der Waals surface area contributed by atoms with Gasteiger partial charge in [0.15, 0.2) is 0 Å². The van der Waals surface area contributed by atoms with Gasteiger partial charge in [-0.3, -0.25) is 14.4 Å². The van der Waals surface area contributed by atoms with Crippen LogP contribution in [0, 0.1) is 0 Å². The zero-order chi connectivity index (χ0) is 16.7. The van der Waals surface area contributed by atoms with E-state index in [0.717, 1.165) is 0 Å². The van der Waals surface area contributed by atoms with E-state index < -0.39 is 42.5 Å². The van der Waals surface area contributed by atoms with E-state index in [2.05, 4.69) is 20.6 Å². The Labute approximate surface area is 126 Å². The molecular formula is C12H19N5O5. The zero-order valence-corrected chi connectivity index (χ0v) is 11.9. The number of carboxylic acids is 1. The van der Waals surface area contributed by atoms with E-state index in [0.29, 0.717) is 5.69 Å². The lowest BCUT2D eigenvalue weighted by Crippen LogP contribution is -2.55. The molecule has 22 heavy (non-hydrogen) atoms. The Balaban J connectivity index is 2.78. The van der Waals surface area contributed by atoms with Gasteiger partial charge >= 0.3 is 5.97 Å². The molecule has 0 spiro atoms. The van der Waals surface area contributed by atoms with Gasteiger partial charge in [0, 0.05) is 18.3 Å². The number of amides is 2. The number of hydrogen-bond acceptors (Lipinski definition) is 6. The molecule has 0 aromatic carbocycles. The fraction of sp³-hybridized carbons (Fsp3) is 0.500. The van der Waals surface area contributed by atoms with Crippen LogP contribution in [-0.2, 0) is 20.8 Å². The monoisotopic (exact) mass is 313 g/mol. The van der Waals surface area contributed by atoms with E-state index >= 15 is 0 Å². The van der Waals surface area contributed by atoms with E-state index in [1.807, 2.05) is 0 Å². The Hall–Kier alpha value is -2.46. The van der Waals surface area contributed by atoms with Crippen molar-refractivity contribution in [3.8, 4) is 0 Å². The summed E-state index contributed by atoms with van der Waals surface area (Å²) >= 11 is 0. The maximum Gasteiger partial charge on any atom is 0.325 e. The molecule has 0 saturated carbocycles. The molecule has 0 aliphatic carbocycles. The Morgan fingerprint density at radius 2 is 2.05 bits per heavy atom. The second-order valence-electron chi connectivity index (χ2n) is 4.70. The van der Waals surface area contributed by atoms with E-state index in [9.17, 15) is 14.4 Å². The second kappa shape index (κ2) is 8.10. The van der Waals surface area contributed by atoms with E-state index in [1.165, 1.54) is 19.4 Å². The van der Waals surface area contributed by atoms with E-state index in [4.69, 9.17) is 15.9 Å². The van der Waals surface area contributed by atoms with E-state index in [-0.39, 0.29) is 6.42 Å². The number of carbonyl (C=O) groups excluding carboxylic acids is 2. The van der Waals surface area contributed by atoms with Crippen LogP contribution in [0.15, 0.2) is 12.5 Å². The van der Waals surface area contributed by atoms with Gasteiger partial charge in [0.25, 0.3) is 0 Å². The molecule has 0 aliphatic heterocycles. The molecule has 1 heterocycles. The maximum atomic E-state index is 12.1. The summed E-state index contributed by atoms with van der Waals surface area (Å²) in [7, 11) is 0. The smallest absolute Gasteiger partial charge is 0.325 e. The number of carbonyl (C=O) groups is 3. The molecule has 0 saturated heterocycles. The summed E-state index contributed by atoms with van der Waals surface area (Å²) in [5.74, 6) is -2.60. The number of imidazole rings is 1. The fourth-order valence-electron chi connectivity index (χ4n) is 1.56. The first-order chi connectivity index (χ1) is 10.3. The highest BCUT2D eigenvalue weighted by molar-refractivity contribution is 5.91. The number of H-pyrrole nitrogens is 1. The molecule has 10 nitrogen and oxygen atoms in total. The molecule has 0 unspecified atom stereocenters. The van der Waals surface area contributed by atoms with Crippen molar-refractivity contribution >= 4 is 17.8 Å². The van der Waals surface area contributed by atoms with Crippen molar-refractivity contribution in [2.45, 2.75) is 31.5 Å².